The number of benzene rings is 3. The van der Waals surface area contributed by atoms with E-state index in [1.54, 1.807) is 12.1 Å². The second-order valence-corrected chi connectivity index (χ2v) is 8.71. The van der Waals surface area contributed by atoms with Gasteiger partial charge in [0.15, 0.2) is 5.58 Å². The summed E-state index contributed by atoms with van der Waals surface area (Å²) in [5, 5.41) is 7.64. The van der Waals surface area contributed by atoms with E-state index in [9.17, 15) is 0 Å². The minimum Gasteiger partial charge on any atom is -0.454 e. The molecule has 30 heavy (non-hydrogen) atoms. The topological polar surface area (TPSA) is 50.4 Å². The molecule has 4 nitrogen and oxygen atoms in total. The minimum atomic E-state index is 0.433. The number of hydrogen-bond donors (Lipinski definition) is 1. The zero-order valence-electron chi connectivity index (χ0n) is 15.8. The molecule has 0 fully saturated rings. The molecule has 5 rings (SSSR count). The monoisotopic (exact) mass is 451 g/mol. The third-order valence-electron chi connectivity index (χ3n) is 4.67. The van der Waals surface area contributed by atoms with Crippen molar-refractivity contribution in [2.45, 2.75) is 6.92 Å². The van der Waals surface area contributed by atoms with Gasteiger partial charge in [-0.2, -0.15) is 5.10 Å². The molecular weight excluding hydrogens is 437 g/mol. The summed E-state index contributed by atoms with van der Waals surface area (Å²) in [5.41, 5.74) is 6.64. The van der Waals surface area contributed by atoms with Gasteiger partial charge in [0.25, 0.3) is 0 Å². The first-order chi connectivity index (χ1) is 14.6. The lowest BCUT2D eigenvalue weighted by Gasteiger charge is -2.07. The molecule has 0 saturated carbocycles. The molecule has 148 valence electrons. The number of aryl methyl sites for hydroxylation is 1. The number of thiazole rings is 1. The molecule has 0 saturated heterocycles. The van der Waals surface area contributed by atoms with Crippen LogP contribution >= 0.6 is 34.5 Å². The Hall–Kier alpha value is -2.86. The molecule has 0 radical (unpaired) electrons. The van der Waals surface area contributed by atoms with Gasteiger partial charge >= 0.3 is 0 Å². The van der Waals surface area contributed by atoms with E-state index < -0.39 is 0 Å². The molecule has 0 aliphatic heterocycles. The summed E-state index contributed by atoms with van der Waals surface area (Å²) in [6.45, 7) is 2.04. The van der Waals surface area contributed by atoms with Crippen LogP contribution in [0.2, 0.25) is 10.0 Å². The molecule has 1 N–H and O–H groups in total. The van der Waals surface area contributed by atoms with Crippen LogP contribution in [-0.4, -0.2) is 4.98 Å². The molecular formula is C23H15Cl2N3OS. The number of para-hydroxylation sites is 1. The summed E-state index contributed by atoms with van der Waals surface area (Å²) in [7, 11) is 0. The summed E-state index contributed by atoms with van der Waals surface area (Å²) in [4.78, 5) is 4.57. The predicted octanol–water partition coefficient (Wildman–Crippen LogP) is 7.25. The van der Waals surface area contributed by atoms with E-state index in [0.29, 0.717) is 31.9 Å². The molecule has 0 amide bonds. The van der Waals surface area contributed by atoms with Gasteiger partial charge in [0, 0.05) is 22.0 Å². The van der Waals surface area contributed by atoms with E-state index >= 15 is 0 Å². The number of nitrogens with zero attached hydrogens (tertiary/aromatic N) is 2. The van der Waals surface area contributed by atoms with Crippen molar-refractivity contribution in [3.8, 4) is 11.3 Å². The largest absolute Gasteiger partial charge is 0.454 e. The first kappa shape index (κ1) is 19.1. The van der Waals surface area contributed by atoms with Gasteiger partial charge in [0.1, 0.15) is 5.76 Å². The minimum absolute atomic E-state index is 0.433. The van der Waals surface area contributed by atoms with Gasteiger partial charge in [0.2, 0.25) is 5.13 Å². The summed E-state index contributed by atoms with van der Waals surface area (Å²) in [6.07, 6.45) is 0. The second-order valence-electron chi connectivity index (χ2n) is 6.84. The first-order valence-corrected chi connectivity index (χ1v) is 10.8. The average molecular weight is 452 g/mol. The maximum atomic E-state index is 6.44. The highest BCUT2D eigenvalue weighted by molar-refractivity contribution is 7.22. The molecule has 0 atom stereocenters. The van der Waals surface area contributed by atoms with E-state index in [1.807, 2.05) is 61.5 Å². The molecule has 5 aromatic rings. The zero-order chi connectivity index (χ0) is 20.7. The predicted molar refractivity (Wildman–Crippen MR) is 125 cm³/mol. The second kappa shape index (κ2) is 7.76. The third kappa shape index (κ3) is 3.67. The molecule has 2 heterocycles. The van der Waals surface area contributed by atoms with Gasteiger partial charge < -0.3 is 4.42 Å². The number of aromatic nitrogens is 1. The van der Waals surface area contributed by atoms with E-state index in [4.69, 9.17) is 27.6 Å². The van der Waals surface area contributed by atoms with Crippen molar-refractivity contribution >= 4 is 60.9 Å². The Bertz CT molecular complexity index is 1420. The molecule has 0 spiro atoms. The lowest BCUT2D eigenvalue weighted by molar-refractivity contribution is 0.618. The maximum Gasteiger partial charge on any atom is 0.204 e. The maximum absolute atomic E-state index is 6.44. The summed E-state index contributed by atoms with van der Waals surface area (Å²) >= 11 is 14.2. The molecule has 0 aliphatic carbocycles. The Morgan fingerprint density at radius 1 is 1.00 bits per heavy atom. The van der Waals surface area contributed by atoms with E-state index in [0.717, 1.165) is 21.2 Å². The lowest BCUT2D eigenvalue weighted by atomic mass is 10.1. The highest BCUT2D eigenvalue weighted by atomic mass is 35.5. The Morgan fingerprint density at radius 2 is 1.80 bits per heavy atom. The van der Waals surface area contributed by atoms with Crippen molar-refractivity contribution in [1.29, 1.82) is 0 Å². The Balaban J connectivity index is 1.68. The fourth-order valence-corrected chi connectivity index (χ4v) is 4.52. The van der Waals surface area contributed by atoms with Crippen LogP contribution in [0.5, 0.6) is 0 Å². The summed E-state index contributed by atoms with van der Waals surface area (Å²) in [5.74, 6) is 0.663. The van der Waals surface area contributed by atoms with Gasteiger partial charge in [-0.25, -0.2) is 4.98 Å². The van der Waals surface area contributed by atoms with Crippen molar-refractivity contribution in [1.82, 2.24) is 4.98 Å². The summed E-state index contributed by atoms with van der Waals surface area (Å²) < 4.78 is 7.22. The fourth-order valence-electron chi connectivity index (χ4n) is 3.18. The Labute approximate surface area is 186 Å². The highest BCUT2D eigenvalue weighted by Gasteiger charge is 2.11. The number of nitrogens with one attached hydrogen (secondary N) is 1. The number of fused-ring (bicyclic) bond motifs is 2. The SMILES string of the molecule is Cc1ccc(-c2cc(=NNc3nc4ccccc4s3)c3cc(Cl)cc(Cl)c3o2)cc1. The Morgan fingerprint density at radius 3 is 2.60 bits per heavy atom. The van der Waals surface area contributed by atoms with Crippen molar-refractivity contribution in [3.05, 3.63) is 87.7 Å². The van der Waals surface area contributed by atoms with Gasteiger partial charge in [-0.15, -0.1) is 0 Å². The van der Waals surface area contributed by atoms with Crippen LogP contribution < -0.4 is 10.8 Å². The van der Waals surface area contributed by atoms with Gasteiger partial charge in [0.05, 0.1) is 20.6 Å². The molecule has 0 bridgehead atoms. The van der Waals surface area contributed by atoms with E-state index in [2.05, 4.69) is 15.5 Å². The van der Waals surface area contributed by atoms with Crippen LogP contribution in [-0.2, 0) is 0 Å². The van der Waals surface area contributed by atoms with Crippen molar-refractivity contribution in [3.63, 3.8) is 0 Å². The van der Waals surface area contributed by atoms with Crippen LogP contribution in [0.4, 0.5) is 5.13 Å². The van der Waals surface area contributed by atoms with Gasteiger partial charge in [-0.1, -0.05) is 76.5 Å². The van der Waals surface area contributed by atoms with E-state index in [1.165, 1.54) is 16.9 Å². The third-order valence-corrected chi connectivity index (χ3v) is 6.11. The van der Waals surface area contributed by atoms with Crippen molar-refractivity contribution in [2.75, 3.05) is 5.43 Å². The van der Waals surface area contributed by atoms with Gasteiger partial charge in [-0.05, 0) is 31.2 Å². The number of rotatable bonds is 3. The number of halogens is 2. The van der Waals surface area contributed by atoms with Crippen LogP contribution in [0.25, 0.3) is 32.5 Å². The number of anilines is 1. The molecule has 2 aromatic heterocycles. The van der Waals surface area contributed by atoms with Crippen molar-refractivity contribution in [2.24, 2.45) is 5.10 Å². The van der Waals surface area contributed by atoms with Gasteiger partial charge in [-0.3, -0.25) is 5.43 Å². The zero-order valence-corrected chi connectivity index (χ0v) is 18.1. The molecule has 7 heteroatoms. The number of hydrogen-bond acceptors (Lipinski definition) is 5. The normalized spacial score (nSPS) is 12.0. The quantitative estimate of drug-likeness (QED) is 0.293. The Kier molecular flexibility index (Phi) is 4.95. The highest BCUT2D eigenvalue weighted by Crippen LogP contribution is 2.30. The first-order valence-electron chi connectivity index (χ1n) is 9.22. The smallest absolute Gasteiger partial charge is 0.204 e. The molecule has 3 aromatic carbocycles. The molecule has 0 unspecified atom stereocenters. The standard InChI is InChI=1S/C23H15Cl2N3OS/c1-13-6-8-14(9-7-13)20-12-19(16-10-15(24)11-17(25)22(16)29-20)27-28-23-26-18-4-2-3-5-21(18)30-23/h2-12H,1H3,(H,26,28). The van der Waals surface area contributed by atoms with Crippen LogP contribution in [0.15, 0.2) is 76.2 Å². The lowest BCUT2D eigenvalue weighted by Crippen LogP contribution is -2.07. The van der Waals surface area contributed by atoms with Crippen LogP contribution in [0.1, 0.15) is 5.56 Å². The fraction of sp³-hybridized carbons (Fsp3) is 0.0435. The summed E-state index contributed by atoms with van der Waals surface area (Å²) in [6, 6.07) is 21.4. The van der Waals surface area contributed by atoms with E-state index in [-0.39, 0.29) is 0 Å². The van der Waals surface area contributed by atoms with Crippen molar-refractivity contribution < 1.29 is 4.42 Å². The van der Waals surface area contributed by atoms with Crippen LogP contribution in [0, 0.1) is 6.92 Å². The van der Waals surface area contributed by atoms with Crippen LogP contribution in [0.3, 0.4) is 0 Å². The average Bonchev–Trinajstić information content (AvgIpc) is 3.16. The molecule has 0 aliphatic rings.